The van der Waals surface area contributed by atoms with Crippen molar-refractivity contribution in [3.63, 3.8) is 0 Å². The van der Waals surface area contributed by atoms with Crippen LogP contribution in [0.4, 0.5) is 28.3 Å². The first-order valence-corrected chi connectivity index (χ1v) is 50.1. The summed E-state index contributed by atoms with van der Waals surface area (Å²) < 4.78 is 53.9. The number of piperidine rings is 1. The second kappa shape index (κ2) is 49.6. The Labute approximate surface area is 824 Å². The first kappa shape index (κ1) is 106. The van der Waals surface area contributed by atoms with Crippen LogP contribution >= 0.6 is 0 Å². The number of carbonyl (C=O) groups excluding carboxylic acids is 8. The van der Waals surface area contributed by atoms with E-state index >= 15 is 0 Å². The van der Waals surface area contributed by atoms with E-state index < -0.39 is 108 Å². The minimum Gasteiger partial charge on any atom is -0.460 e. The first-order valence-electron chi connectivity index (χ1n) is 50.1. The van der Waals surface area contributed by atoms with Crippen LogP contribution < -0.4 is 31.9 Å². The van der Waals surface area contributed by atoms with Crippen molar-refractivity contribution in [3.05, 3.63) is 160 Å². The van der Waals surface area contributed by atoms with Crippen molar-refractivity contribution in [2.24, 2.45) is 46.4 Å². The molecule has 8 aliphatic rings. The van der Waals surface area contributed by atoms with Gasteiger partial charge in [-0.25, -0.2) is 39.5 Å². The number of ketones is 3. The van der Waals surface area contributed by atoms with Crippen LogP contribution in [0.25, 0.3) is 11.1 Å². The van der Waals surface area contributed by atoms with E-state index in [0.717, 1.165) is 72.8 Å². The quantitative estimate of drug-likeness (QED) is 0.00791. The number of carbonyl (C=O) groups is 8. The number of aliphatic hydroxyl groups is 3. The van der Waals surface area contributed by atoms with Crippen LogP contribution in [-0.4, -0.2) is 298 Å². The van der Waals surface area contributed by atoms with Crippen LogP contribution in [-0.2, 0) is 92.5 Å². The van der Waals surface area contributed by atoms with Crippen LogP contribution in [0, 0.1) is 41.4 Å². The first-order chi connectivity index (χ1) is 67.9. The Kier molecular flexibility index (Phi) is 37.1. The number of nitrogens with two attached hydrogens (primary N) is 2. The smallest absolute Gasteiger partial charge is 0.407 e. The number of cyclic esters (lactones) is 1. The van der Waals surface area contributed by atoms with Crippen LogP contribution in [0.3, 0.4) is 0 Å². The van der Waals surface area contributed by atoms with Crippen LogP contribution in [0.5, 0.6) is 0 Å². The van der Waals surface area contributed by atoms with Crippen LogP contribution in [0.2, 0.25) is 0 Å². The van der Waals surface area contributed by atoms with Crippen LogP contribution in [0.15, 0.2) is 125 Å². The number of fused-ring (bicyclic) bond motifs is 6. The highest BCUT2D eigenvalue weighted by atomic mass is 16.6. The zero-order valence-electron chi connectivity index (χ0n) is 82.9. The Bertz CT molecular complexity index is 5470. The van der Waals surface area contributed by atoms with Gasteiger partial charge in [-0.1, -0.05) is 89.3 Å². The van der Waals surface area contributed by atoms with Gasteiger partial charge in [0.15, 0.2) is 17.2 Å². The number of alkyl carbamates (subject to hydrolysis) is 1. The summed E-state index contributed by atoms with van der Waals surface area (Å²) >= 11 is 0. The fourth-order valence-electron chi connectivity index (χ4n) is 20.8. The van der Waals surface area contributed by atoms with Gasteiger partial charge in [-0.3, -0.25) is 38.7 Å². The average molecular weight is 1950 g/mol. The number of benzene rings is 2. The fourth-order valence-corrected chi connectivity index (χ4v) is 20.8. The highest BCUT2D eigenvalue weighted by molar-refractivity contribution is 6.39. The maximum Gasteiger partial charge on any atom is 0.407 e. The number of piperazine rings is 2. The summed E-state index contributed by atoms with van der Waals surface area (Å²) in [5.41, 5.74) is 22.7. The number of nitrogens with one attached hydrogen (secondary N) is 2. The molecule has 1 saturated carbocycles. The molecule has 9 N–H and O–H groups in total. The zero-order chi connectivity index (χ0) is 100. The number of hydrogen-bond donors (Lipinski definition) is 7. The number of ether oxygens (including phenoxy) is 8. The SMILES string of the molecule is CO[C@H]1C[C@@H]2CC[C@@H](C)[C@@](O)(O2)C(=O)C(=O)N2CCCC[C@H]2C(=O)O[C@H]([C@H](C)C[C@@H]2CC[C@@H](OC(=O)NCCOCCC(=O)NCc3cnc(N4CCN(C(=O)CCOCCN5CCN(c6cnc(C(=O)C7CCc8cc(CC9N=C(c%10ccc%11oc(N)nc%11c%10)c%10c(N)ncnc%109)ccc8C7)nc6)CC5)CC4)nc3)[C@H](OC)C2)C[C@@H](OC)[C@H](C)/C=C(\C)[C@@H](O)[C@@H](O)C(=O)[C@H](C)C[C@H](C)/C=C/C=C/C=C/1C. The predicted molar refractivity (Wildman–Crippen MR) is 526 cm³/mol. The van der Waals surface area contributed by atoms with E-state index in [4.69, 9.17) is 58.8 Å². The molecule has 6 aliphatic heterocycles. The topological polar surface area (TPSA) is 479 Å². The van der Waals surface area contributed by atoms with Crippen molar-refractivity contribution < 1.29 is 96.0 Å². The fraction of sp³-hybridized carbons (Fsp3) is 0.596. The lowest BCUT2D eigenvalue weighted by atomic mass is 9.78. The summed E-state index contributed by atoms with van der Waals surface area (Å²) in [6, 6.07) is 10.7. The molecule has 2 aliphatic carbocycles. The van der Waals surface area contributed by atoms with Crippen molar-refractivity contribution in [2.45, 2.75) is 237 Å². The van der Waals surface area contributed by atoms with Crippen molar-refractivity contribution in [1.82, 2.24) is 60.2 Å². The molecule has 0 radical (unpaired) electrons. The molecule has 2 unspecified atom stereocenters. The normalized spacial score (nSPS) is 28.7. The minimum absolute atomic E-state index is 0.00229. The lowest BCUT2D eigenvalue weighted by Gasteiger charge is -2.43. The van der Waals surface area contributed by atoms with Gasteiger partial charge in [0.1, 0.15) is 48.1 Å². The lowest BCUT2D eigenvalue weighted by Crippen LogP contribution is -2.61. The third-order valence-electron chi connectivity index (χ3n) is 29.4. The second-order valence-corrected chi connectivity index (χ2v) is 39.3. The second-order valence-electron chi connectivity index (χ2n) is 39.3. The Morgan fingerprint density at radius 3 is 2.21 bits per heavy atom. The number of aryl methyl sites for hydroxylation is 1. The third-order valence-corrected chi connectivity index (χ3v) is 29.4. The van der Waals surface area contributed by atoms with E-state index in [-0.39, 0.29) is 124 Å². The van der Waals surface area contributed by atoms with Crippen molar-refractivity contribution in [1.29, 1.82) is 0 Å². The molecule has 5 fully saturated rings. The number of Topliss-reactive ketones (excluding diaryl/α,β-unsaturated/α-hetero) is 3. The summed E-state index contributed by atoms with van der Waals surface area (Å²) in [4.78, 5) is 158. The van der Waals surface area contributed by atoms with Crippen molar-refractivity contribution in [3.8, 4) is 0 Å². The molecule has 18 atom stereocenters. The number of aliphatic imine (C=N–C) groups is 1. The summed E-state index contributed by atoms with van der Waals surface area (Å²) in [7, 11) is 4.65. The number of oxazole rings is 1. The molecule has 4 amide bonds. The van der Waals surface area contributed by atoms with Gasteiger partial charge in [-0.05, 0) is 161 Å². The number of rotatable bonds is 28. The molecule has 2 aromatic carbocycles. The van der Waals surface area contributed by atoms with Gasteiger partial charge in [0.05, 0.1) is 98.4 Å². The van der Waals surface area contributed by atoms with Gasteiger partial charge in [0, 0.05) is 173 Å². The molecule has 762 valence electrons. The van der Waals surface area contributed by atoms with Gasteiger partial charge in [-0.15, -0.1) is 0 Å². The molecule has 4 saturated heterocycles. The third kappa shape index (κ3) is 27.2. The Morgan fingerprint density at radius 1 is 0.695 bits per heavy atom. The Balaban J connectivity index is 0.461. The highest BCUT2D eigenvalue weighted by Crippen LogP contribution is 2.42. The molecule has 0 spiro atoms. The van der Waals surface area contributed by atoms with E-state index in [9.17, 15) is 53.7 Å². The summed E-state index contributed by atoms with van der Waals surface area (Å²) in [5, 5.41) is 40.7. The van der Waals surface area contributed by atoms with E-state index in [2.05, 4.69) is 73.5 Å². The monoisotopic (exact) mass is 1950 g/mol. The zero-order valence-corrected chi connectivity index (χ0v) is 82.9. The number of allylic oxidation sites excluding steroid dienone is 5. The van der Waals surface area contributed by atoms with E-state index in [1.54, 1.807) is 65.9 Å². The van der Waals surface area contributed by atoms with Crippen molar-refractivity contribution in [2.75, 3.05) is 141 Å². The molecule has 10 heterocycles. The minimum atomic E-state index is -2.48. The lowest BCUT2D eigenvalue weighted by molar-refractivity contribution is -0.265. The molecule has 37 nitrogen and oxygen atoms in total. The predicted octanol–water partition coefficient (Wildman–Crippen LogP) is 9.11. The molecule has 4 aromatic heterocycles. The van der Waals surface area contributed by atoms with Gasteiger partial charge in [-0.2, -0.15) is 4.98 Å². The maximum absolute atomic E-state index is 14.9. The largest absolute Gasteiger partial charge is 0.460 e. The number of esters is 1. The number of nitrogen functional groups attached to an aromatic ring is 2. The number of anilines is 4. The summed E-state index contributed by atoms with van der Waals surface area (Å²) in [6.45, 7) is 20.2. The van der Waals surface area contributed by atoms with Gasteiger partial charge < -0.3 is 99.3 Å². The molecule has 6 aromatic rings. The Morgan fingerprint density at radius 2 is 1.45 bits per heavy atom. The summed E-state index contributed by atoms with van der Waals surface area (Å²) in [6.07, 6.45) is 20.1. The number of aliphatic hydroxyl groups excluding tert-OH is 2. The number of hydrogen-bond acceptors (Lipinski definition) is 33. The molecular weight excluding hydrogens is 1810 g/mol. The van der Waals surface area contributed by atoms with E-state index in [1.165, 1.54) is 23.9 Å². The van der Waals surface area contributed by atoms with Gasteiger partial charge >= 0.3 is 12.1 Å². The van der Waals surface area contributed by atoms with E-state index in [0.29, 0.717) is 162 Å². The van der Waals surface area contributed by atoms with E-state index in [1.807, 2.05) is 86.1 Å². The summed E-state index contributed by atoms with van der Waals surface area (Å²) in [5.74, 6) is -7.44. The van der Waals surface area contributed by atoms with Gasteiger partial charge in [0.25, 0.3) is 17.7 Å². The van der Waals surface area contributed by atoms with Crippen LogP contribution in [0.1, 0.15) is 201 Å². The Hall–Kier alpha value is -11.3. The number of nitrogens with zero attached hydrogens (tertiary/aromatic N) is 13. The molecule has 2 bridgehead atoms. The number of aromatic nitrogens is 7. The van der Waals surface area contributed by atoms with Crippen molar-refractivity contribution >= 4 is 87.4 Å². The average Bonchev–Trinajstić information content (AvgIpc) is 1.61. The standard InChI is InChI=1S/C104H141N17O20/c1-62-16-12-11-13-17-63(2)83(133-8)54-77-26-19-68(7)104(132,141-77)96(128)99(129)121-32-15-14-18-80(121)100(130)138-85(55-84(134-9)64(3)47-67(6)93(125)95(127)92(124)66(5)46-62)65(4)48-69-21-27-82(86(51-69)135-10)140-103(131)107-31-44-136-42-29-87(122)108-56-71-57-111-102(112-58-71)120-39-37-119(38-40-120)88(123)30-43-137-45-41-117-33-35-118(36-34-117)76-59-109-98(110-60-76)94(126)75-24-23-72-49-70(20-22-73(72)52-75)50-79-91-89(97(105)114-61-113-91)90(115-79)74-25-28-81-78(53-74)116-101(106)139-81/h11-13,16-17,20,22,25,28,47,49,53,57-62,64-66,68-69,75,77,79-80,82-86,93,95,125,127,132H,14-15,18-19,21,23-24,26-27,29-46,48,50-52,54-56H2,1-10H3,(H2,106,116)(H,107,131)(H,108,122)(H2,105,113,114)/b13-11+,16-12+,63-17+,67-47+/t62-,64-,65-,66-,68-,69+,75?,77+,79?,80+,82-,83+,84-,85+,86-,93-,95+,104-/m1/s1. The highest BCUT2D eigenvalue weighted by Gasteiger charge is 2.54. The molecular formula is C104H141N17O20. The molecule has 37 heteroatoms. The molecule has 141 heavy (non-hydrogen) atoms. The molecule has 14 rings (SSSR count). The van der Waals surface area contributed by atoms with Gasteiger partial charge in [0.2, 0.25) is 29.3 Å². The maximum atomic E-state index is 14.9. The number of amides is 4. The number of methoxy groups -OCH3 is 3.